The number of fused-ring (bicyclic) bond motifs is 1. The van der Waals surface area contributed by atoms with Crippen LogP contribution in [0.15, 0.2) is 36.4 Å². The highest BCUT2D eigenvalue weighted by molar-refractivity contribution is 5.94. The summed E-state index contributed by atoms with van der Waals surface area (Å²) in [5, 5.41) is 1.14. The van der Waals surface area contributed by atoms with Gasteiger partial charge in [0.15, 0.2) is 11.4 Å². The molecule has 2 N–H and O–H groups in total. The third-order valence-electron chi connectivity index (χ3n) is 5.55. The Morgan fingerprint density at radius 2 is 1.84 bits per heavy atom. The first-order valence-electron chi connectivity index (χ1n) is 10.4. The minimum Gasteiger partial charge on any atom is -0.422 e. The highest BCUT2D eigenvalue weighted by atomic mass is 16.5. The highest BCUT2D eigenvalue weighted by Crippen LogP contribution is 2.27. The van der Waals surface area contributed by atoms with E-state index >= 15 is 0 Å². The van der Waals surface area contributed by atoms with Crippen LogP contribution in [0.3, 0.4) is 0 Å². The van der Waals surface area contributed by atoms with Crippen LogP contribution in [0.25, 0.3) is 10.9 Å². The van der Waals surface area contributed by atoms with Crippen LogP contribution in [0.4, 0.5) is 5.82 Å². The second kappa shape index (κ2) is 8.67. The molecule has 3 aromatic rings. The molecular weight excluding hydrogens is 394 g/mol. The van der Waals surface area contributed by atoms with Crippen molar-refractivity contribution in [2.75, 3.05) is 18.0 Å². The van der Waals surface area contributed by atoms with Gasteiger partial charge in [0.05, 0.1) is 11.2 Å². The summed E-state index contributed by atoms with van der Waals surface area (Å²) in [4.78, 5) is 39.0. The summed E-state index contributed by atoms with van der Waals surface area (Å²) in [6.45, 7) is 4.73. The van der Waals surface area contributed by atoms with Crippen LogP contribution in [0.5, 0.6) is 5.75 Å². The van der Waals surface area contributed by atoms with Gasteiger partial charge in [-0.25, -0.2) is 15.0 Å². The van der Waals surface area contributed by atoms with E-state index in [2.05, 4.69) is 33.1 Å². The molecule has 8 heteroatoms. The molecule has 0 radical (unpaired) electrons. The Hall–Kier alpha value is -3.55. The quantitative estimate of drug-likeness (QED) is 0.633. The van der Waals surface area contributed by atoms with Gasteiger partial charge in [0.2, 0.25) is 0 Å². The number of anilines is 1. The van der Waals surface area contributed by atoms with Crippen LogP contribution in [-0.2, 0) is 11.2 Å². The fourth-order valence-electron chi connectivity index (χ4n) is 4.00. The van der Waals surface area contributed by atoms with Crippen molar-refractivity contribution in [2.24, 2.45) is 11.7 Å². The van der Waals surface area contributed by atoms with E-state index in [1.54, 1.807) is 6.92 Å². The van der Waals surface area contributed by atoms with E-state index in [1.807, 2.05) is 18.2 Å². The van der Waals surface area contributed by atoms with Gasteiger partial charge in [0, 0.05) is 31.8 Å². The van der Waals surface area contributed by atoms with Crippen LogP contribution in [-0.4, -0.2) is 39.9 Å². The van der Waals surface area contributed by atoms with E-state index < -0.39 is 11.9 Å². The first-order chi connectivity index (χ1) is 14.9. The Morgan fingerprint density at radius 3 is 2.55 bits per heavy atom. The summed E-state index contributed by atoms with van der Waals surface area (Å²) in [5.41, 5.74) is 6.84. The predicted molar refractivity (Wildman–Crippen MR) is 117 cm³/mol. The first-order valence-corrected chi connectivity index (χ1v) is 10.4. The molecule has 3 heterocycles. The molecule has 1 aliphatic heterocycles. The fourth-order valence-corrected chi connectivity index (χ4v) is 4.00. The maximum Gasteiger partial charge on any atom is 0.308 e. The Bertz CT molecular complexity index is 1140. The van der Waals surface area contributed by atoms with Gasteiger partial charge < -0.3 is 15.4 Å². The Labute approximate surface area is 180 Å². The zero-order chi connectivity index (χ0) is 22.0. The zero-order valence-corrected chi connectivity index (χ0v) is 17.7. The van der Waals surface area contributed by atoms with E-state index in [1.165, 1.54) is 6.92 Å². The van der Waals surface area contributed by atoms with Gasteiger partial charge in [-0.15, -0.1) is 0 Å². The summed E-state index contributed by atoms with van der Waals surface area (Å²) in [5.74, 6) is 0.685. The number of ether oxygens (including phenoxy) is 1. The molecular formula is C23H25N5O3. The number of nitrogens with zero attached hydrogens (tertiary/aromatic N) is 4. The van der Waals surface area contributed by atoms with Crippen molar-refractivity contribution in [2.45, 2.75) is 33.1 Å². The van der Waals surface area contributed by atoms with Crippen LogP contribution in [0.1, 0.15) is 41.8 Å². The smallest absolute Gasteiger partial charge is 0.308 e. The minimum atomic E-state index is -0.736. The molecule has 0 unspecified atom stereocenters. The van der Waals surface area contributed by atoms with Crippen molar-refractivity contribution in [3.63, 3.8) is 0 Å². The summed E-state index contributed by atoms with van der Waals surface area (Å²) in [6.07, 6.45) is 2.57. The number of rotatable bonds is 5. The summed E-state index contributed by atoms with van der Waals surface area (Å²) < 4.78 is 5.10. The second-order valence-electron chi connectivity index (χ2n) is 7.86. The van der Waals surface area contributed by atoms with E-state index in [4.69, 9.17) is 15.5 Å². The standard InChI is InChI=1S/C23H25N5O3/c1-14-22(31-15(2)29)21(23(24)30)27-19(25-14)13-16-9-11-28(12-10-16)20-8-7-17-5-3-4-6-18(17)26-20/h3-8,16H,9-13H2,1-2H3,(H2,24,30). The van der Waals surface area contributed by atoms with Crippen LogP contribution >= 0.6 is 0 Å². The molecule has 0 spiro atoms. The molecule has 4 rings (SSSR count). The first kappa shape index (κ1) is 20.7. The fraction of sp³-hybridized carbons (Fsp3) is 0.348. The van der Waals surface area contributed by atoms with Crippen LogP contribution in [0, 0.1) is 12.8 Å². The van der Waals surface area contributed by atoms with Crippen LogP contribution < -0.4 is 15.4 Å². The molecule has 1 fully saturated rings. The maximum atomic E-state index is 11.8. The van der Waals surface area contributed by atoms with Crippen molar-refractivity contribution >= 4 is 28.6 Å². The third-order valence-corrected chi connectivity index (χ3v) is 5.55. The Balaban J connectivity index is 1.44. The van der Waals surface area contributed by atoms with E-state index in [0.29, 0.717) is 23.9 Å². The molecule has 0 bridgehead atoms. The van der Waals surface area contributed by atoms with E-state index in [0.717, 1.165) is 42.7 Å². The normalized spacial score (nSPS) is 14.6. The molecule has 1 amide bonds. The number of hydrogen-bond acceptors (Lipinski definition) is 7. The van der Waals surface area contributed by atoms with Crippen LogP contribution in [0.2, 0.25) is 0 Å². The lowest BCUT2D eigenvalue weighted by Gasteiger charge is -2.32. The van der Waals surface area contributed by atoms with E-state index in [-0.39, 0.29) is 11.4 Å². The summed E-state index contributed by atoms with van der Waals surface area (Å²) >= 11 is 0. The average molecular weight is 419 g/mol. The molecule has 8 nitrogen and oxygen atoms in total. The van der Waals surface area contributed by atoms with Gasteiger partial charge in [0.1, 0.15) is 11.6 Å². The SMILES string of the molecule is CC(=O)Oc1c(C)nc(CC2CCN(c3ccc4ccccc4n3)CC2)nc1C(N)=O. The van der Waals surface area contributed by atoms with Crippen molar-refractivity contribution in [3.05, 3.63) is 53.6 Å². The van der Waals surface area contributed by atoms with Gasteiger partial charge in [-0.1, -0.05) is 18.2 Å². The number of amides is 1. The average Bonchev–Trinajstić information content (AvgIpc) is 2.75. The lowest BCUT2D eigenvalue weighted by molar-refractivity contribution is -0.132. The number of pyridine rings is 1. The molecule has 1 aromatic carbocycles. The molecule has 31 heavy (non-hydrogen) atoms. The van der Waals surface area contributed by atoms with Gasteiger partial charge in [0.25, 0.3) is 5.91 Å². The van der Waals surface area contributed by atoms with Crippen molar-refractivity contribution in [1.82, 2.24) is 15.0 Å². The summed E-state index contributed by atoms with van der Waals surface area (Å²) in [6, 6.07) is 12.3. The highest BCUT2D eigenvalue weighted by Gasteiger charge is 2.24. The molecule has 0 aliphatic carbocycles. The van der Waals surface area contributed by atoms with Crippen molar-refractivity contribution < 1.29 is 14.3 Å². The number of esters is 1. The maximum absolute atomic E-state index is 11.8. The monoisotopic (exact) mass is 419 g/mol. The van der Waals surface area contributed by atoms with Gasteiger partial charge in [-0.05, 0) is 43.9 Å². The Morgan fingerprint density at radius 1 is 1.10 bits per heavy atom. The summed E-state index contributed by atoms with van der Waals surface area (Å²) in [7, 11) is 0. The lowest BCUT2D eigenvalue weighted by Crippen LogP contribution is -2.35. The van der Waals surface area contributed by atoms with Gasteiger partial charge >= 0.3 is 5.97 Å². The third kappa shape index (κ3) is 4.63. The molecule has 160 valence electrons. The number of aromatic nitrogens is 3. The largest absolute Gasteiger partial charge is 0.422 e. The molecule has 1 saturated heterocycles. The number of piperidine rings is 1. The van der Waals surface area contributed by atoms with Crippen molar-refractivity contribution in [1.29, 1.82) is 0 Å². The molecule has 0 atom stereocenters. The number of para-hydroxylation sites is 1. The van der Waals surface area contributed by atoms with Gasteiger partial charge in [-0.2, -0.15) is 0 Å². The molecule has 2 aromatic heterocycles. The number of primary amides is 1. The zero-order valence-electron chi connectivity index (χ0n) is 17.7. The predicted octanol–water partition coefficient (Wildman–Crippen LogP) is 2.82. The number of carbonyl (C=O) groups is 2. The number of carbonyl (C=O) groups excluding carboxylic acids is 2. The molecule has 1 aliphatic rings. The number of aryl methyl sites for hydroxylation is 1. The number of nitrogens with two attached hydrogens (primary N) is 1. The van der Waals surface area contributed by atoms with E-state index in [9.17, 15) is 9.59 Å². The Kier molecular flexibility index (Phi) is 5.79. The van der Waals surface area contributed by atoms with Crippen molar-refractivity contribution in [3.8, 4) is 5.75 Å². The topological polar surface area (TPSA) is 111 Å². The number of hydrogen-bond donors (Lipinski definition) is 1. The van der Waals surface area contributed by atoms with Gasteiger partial charge in [-0.3, -0.25) is 9.59 Å². The minimum absolute atomic E-state index is 0.0425. The number of benzene rings is 1. The molecule has 0 saturated carbocycles. The second-order valence-corrected chi connectivity index (χ2v) is 7.86. The lowest BCUT2D eigenvalue weighted by atomic mass is 9.93.